The first-order valence-corrected chi connectivity index (χ1v) is 7.33. The summed E-state index contributed by atoms with van der Waals surface area (Å²) >= 11 is 0. The van der Waals surface area contributed by atoms with Crippen LogP contribution in [0, 0.1) is 6.92 Å². The number of aryl methyl sites for hydroxylation is 1. The van der Waals surface area contributed by atoms with Gasteiger partial charge in [0.1, 0.15) is 11.5 Å². The highest BCUT2D eigenvalue weighted by Crippen LogP contribution is 2.23. The van der Waals surface area contributed by atoms with E-state index in [1.165, 1.54) is 30.9 Å². The van der Waals surface area contributed by atoms with Crippen molar-refractivity contribution < 1.29 is 19.1 Å². The molecule has 0 aliphatic carbocycles. The van der Waals surface area contributed by atoms with E-state index in [4.69, 9.17) is 4.42 Å². The minimum Gasteiger partial charge on any atom is -0.479 e. The minimum atomic E-state index is -1.20. The van der Waals surface area contributed by atoms with Gasteiger partial charge in [0.05, 0.1) is 17.4 Å². The van der Waals surface area contributed by atoms with Gasteiger partial charge in [0.25, 0.3) is 5.91 Å². The molecule has 0 aliphatic heterocycles. The number of hydrogen-bond donors (Lipinski definition) is 2. The van der Waals surface area contributed by atoms with Crippen molar-refractivity contribution in [2.45, 2.75) is 46.1 Å². The molecule has 0 saturated heterocycles. The SMILES string of the molecule is Cc1oc(C(C)C)cc1C(=O)Nc1cnn(C(C)(C)C(=O)O)c1. The van der Waals surface area contributed by atoms with Crippen LogP contribution in [0.25, 0.3) is 0 Å². The predicted octanol–water partition coefficient (Wildman–Crippen LogP) is 2.98. The van der Waals surface area contributed by atoms with E-state index in [2.05, 4.69) is 10.4 Å². The number of hydrogen-bond acceptors (Lipinski definition) is 4. The van der Waals surface area contributed by atoms with Crippen molar-refractivity contribution in [3.05, 3.63) is 35.5 Å². The lowest BCUT2D eigenvalue weighted by Gasteiger charge is -2.19. The molecule has 0 atom stereocenters. The van der Waals surface area contributed by atoms with Gasteiger partial charge >= 0.3 is 5.97 Å². The van der Waals surface area contributed by atoms with Gasteiger partial charge in [0.2, 0.25) is 0 Å². The molecule has 0 aliphatic rings. The maximum absolute atomic E-state index is 12.3. The van der Waals surface area contributed by atoms with Gasteiger partial charge in [-0.3, -0.25) is 9.48 Å². The molecule has 2 heterocycles. The summed E-state index contributed by atoms with van der Waals surface area (Å²) in [5, 5.41) is 15.9. The van der Waals surface area contributed by atoms with E-state index >= 15 is 0 Å². The maximum Gasteiger partial charge on any atom is 0.331 e. The Kier molecular flexibility index (Phi) is 4.31. The van der Waals surface area contributed by atoms with Crippen molar-refractivity contribution in [1.82, 2.24) is 9.78 Å². The van der Waals surface area contributed by atoms with E-state index in [1.807, 2.05) is 13.8 Å². The van der Waals surface area contributed by atoms with Gasteiger partial charge < -0.3 is 14.8 Å². The van der Waals surface area contributed by atoms with Crippen LogP contribution < -0.4 is 5.32 Å². The summed E-state index contributed by atoms with van der Waals surface area (Å²) in [6.45, 7) is 8.76. The van der Waals surface area contributed by atoms with Gasteiger partial charge in [0, 0.05) is 12.1 Å². The molecular formula is C16H21N3O4. The molecule has 7 nitrogen and oxygen atoms in total. The summed E-state index contributed by atoms with van der Waals surface area (Å²) in [5.41, 5.74) is -0.311. The van der Waals surface area contributed by atoms with E-state index < -0.39 is 11.5 Å². The summed E-state index contributed by atoms with van der Waals surface area (Å²) in [7, 11) is 0. The molecule has 2 rings (SSSR count). The summed E-state index contributed by atoms with van der Waals surface area (Å²) in [5.74, 6) is 0.158. The monoisotopic (exact) mass is 319 g/mol. The Labute approximate surface area is 134 Å². The summed E-state index contributed by atoms with van der Waals surface area (Å²) in [6.07, 6.45) is 2.91. The predicted molar refractivity (Wildman–Crippen MR) is 84.7 cm³/mol. The molecule has 0 aromatic carbocycles. The zero-order chi connectivity index (χ0) is 17.4. The number of carbonyl (C=O) groups is 2. The highest BCUT2D eigenvalue weighted by Gasteiger charge is 2.30. The summed E-state index contributed by atoms with van der Waals surface area (Å²) in [6, 6.07) is 1.72. The lowest BCUT2D eigenvalue weighted by atomic mass is 10.1. The Hall–Kier alpha value is -2.57. The molecule has 0 radical (unpaired) electrons. The second-order valence-corrected chi connectivity index (χ2v) is 6.27. The standard InChI is InChI=1S/C16H21N3O4/c1-9(2)13-6-12(10(3)23-13)14(20)18-11-7-17-19(8-11)16(4,5)15(21)22/h6-9H,1-5H3,(H,18,20)(H,21,22). The third kappa shape index (κ3) is 3.28. The number of carboxylic acid groups (broad SMARTS) is 1. The quantitative estimate of drug-likeness (QED) is 0.883. The first kappa shape index (κ1) is 16.8. The Bertz CT molecular complexity index is 740. The van der Waals surface area contributed by atoms with Crippen LogP contribution in [0.5, 0.6) is 0 Å². The van der Waals surface area contributed by atoms with E-state index in [9.17, 15) is 14.7 Å². The fraction of sp³-hybridized carbons (Fsp3) is 0.438. The zero-order valence-corrected chi connectivity index (χ0v) is 13.9. The molecule has 0 saturated carbocycles. The highest BCUT2D eigenvalue weighted by atomic mass is 16.4. The molecule has 0 spiro atoms. The molecule has 23 heavy (non-hydrogen) atoms. The molecule has 0 unspecified atom stereocenters. The van der Waals surface area contributed by atoms with Crippen LogP contribution in [0.15, 0.2) is 22.9 Å². The molecule has 7 heteroatoms. The molecule has 2 N–H and O–H groups in total. The molecule has 124 valence electrons. The number of aromatic nitrogens is 2. The molecular weight excluding hydrogens is 298 g/mol. The molecule has 2 aromatic heterocycles. The largest absolute Gasteiger partial charge is 0.479 e. The van der Waals surface area contributed by atoms with Gasteiger partial charge in [-0.2, -0.15) is 5.10 Å². The minimum absolute atomic E-state index is 0.189. The Balaban J connectivity index is 2.19. The van der Waals surface area contributed by atoms with E-state index in [-0.39, 0.29) is 11.8 Å². The Morgan fingerprint density at radius 1 is 1.39 bits per heavy atom. The van der Waals surface area contributed by atoms with Crippen molar-refractivity contribution in [3.8, 4) is 0 Å². The van der Waals surface area contributed by atoms with E-state index in [0.717, 1.165) is 5.76 Å². The van der Waals surface area contributed by atoms with Crippen molar-refractivity contribution in [3.63, 3.8) is 0 Å². The van der Waals surface area contributed by atoms with Crippen LogP contribution in [-0.4, -0.2) is 26.8 Å². The van der Waals surface area contributed by atoms with Crippen LogP contribution in [-0.2, 0) is 10.3 Å². The third-order valence-electron chi connectivity index (χ3n) is 3.69. The molecule has 0 fully saturated rings. The number of rotatable bonds is 5. The normalized spacial score (nSPS) is 11.7. The van der Waals surface area contributed by atoms with Crippen LogP contribution in [0.2, 0.25) is 0 Å². The van der Waals surface area contributed by atoms with Crippen molar-refractivity contribution >= 4 is 17.6 Å². The summed E-state index contributed by atoms with van der Waals surface area (Å²) < 4.78 is 6.86. The number of amides is 1. The van der Waals surface area contributed by atoms with Crippen LogP contribution in [0.3, 0.4) is 0 Å². The average molecular weight is 319 g/mol. The van der Waals surface area contributed by atoms with Gasteiger partial charge in [-0.1, -0.05) is 13.8 Å². The number of carbonyl (C=O) groups excluding carboxylic acids is 1. The first-order valence-electron chi connectivity index (χ1n) is 7.33. The van der Waals surface area contributed by atoms with Gasteiger partial charge in [0.15, 0.2) is 5.54 Å². The molecule has 2 aromatic rings. The summed E-state index contributed by atoms with van der Waals surface area (Å²) in [4.78, 5) is 23.6. The fourth-order valence-electron chi connectivity index (χ4n) is 2.00. The number of furan rings is 1. The van der Waals surface area contributed by atoms with Crippen LogP contribution in [0.1, 0.15) is 55.5 Å². The lowest BCUT2D eigenvalue weighted by Crippen LogP contribution is -2.35. The maximum atomic E-state index is 12.3. The number of nitrogens with one attached hydrogen (secondary N) is 1. The van der Waals surface area contributed by atoms with Gasteiger partial charge in [-0.25, -0.2) is 4.79 Å². The van der Waals surface area contributed by atoms with Crippen molar-refractivity contribution in [2.75, 3.05) is 5.32 Å². The van der Waals surface area contributed by atoms with E-state index in [1.54, 1.807) is 13.0 Å². The first-order chi connectivity index (χ1) is 10.6. The second-order valence-electron chi connectivity index (χ2n) is 6.27. The Morgan fingerprint density at radius 2 is 2.04 bits per heavy atom. The van der Waals surface area contributed by atoms with Crippen molar-refractivity contribution in [2.24, 2.45) is 0 Å². The topological polar surface area (TPSA) is 97.4 Å². The second kappa shape index (κ2) is 5.91. The number of aliphatic carboxylic acids is 1. The van der Waals surface area contributed by atoms with E-state index in [0.29, 0.717) is 17.0 Å². The fourth-order valence-corrected chi connectivity index (χ4v) is 2.00. The van der Waals surface area contributed by atoms with Gasteiger partial charge in [-0.15, -0.1) is 0 Å². The van der Waals surface area contributed by atoms with Crippen LogP contribution >= 0.6 is 0 Å². The third-order valence-corrected chi connectivity index (χ3v) is 3.69. The van der Waals surface area contributed by atoms with Crippen molar-refractivity contribution in [1.29, 1.82) is 0 Å². The zero-order valence-electron chi connectivity index (χ0n) is 13.9. The molecule has 0 bridgehead atoms. The highest BCUT2D eigenvalue weighted by molar-refractivity contribution is 6.04. The lowest BCUT2D eigenvalue weighted by molar-refractivity contribution is -0.146. The van der Waals surface area contributed by atoms with Gasteiger partial charge in [-0.05, 0) is 26.8 Å². The molecule has 1 amide bonds. The van der Waals surface area contributed by atoms with Crippen LogP contribution in [0.4, 0.5) is 5.69 Å². The number of carboxylic acids is 1. The Morgan fingerprint density at radius 3 is 2.57 bits per heavy atom. The number of nitrogens with zero attached hydrogens (tertiary/aromatic N) is 2. The smallest absolute Gasteiger partial charge is 0.331 e. The number of anilines is 1. The average Bonchev–Trinajstić information content (AvgIpc) is 3.05.